The van der Waals surface area contributed by atoms with E-state index in [0.717, 1.165) is 28.4 Å². The van der Waals surface area contributed by atoms with Crippen LogP contribution in [0.4, 0.5) is 0 Å². The number of carbonyl (C=O) groups is 1. The summed E-state index contributed by atoms with van der Waals surface area (Å²) in [5, 5.41) is 3.02. The first-order valence-corrected chi connectivity index (χ1v) is 8.21. The summed E-state index contributed by atoms with van der Waals surface area (Å²) in [5.41, 5.74) is 1.99. The van der Waals surface area contributed by atoms with Gasteiger partial charge in [0, 0.05) is 12.0 Å². The van der Waals surface area contributed by atoms with Crippen LogP contribution in [-0.2, 0) is 11.2 Å². The van der Waals surface area contributed by atoms with E-state index in [0.29, 0.717) is 12.8 Å². The molecule has 0 fully saturated rings. The molecule has 25 heavy (non-hydrogen) atoms. The van der Waals surface area contributed by atoms with E-state index in [4.69, 9.17) is 14.2 Å². The molecule has 0 aromatic heterocycles. The van der Waals surface area contributed by atoms with Gasteiger partial charge in [-0.15, -0.1) is 0 Å². The Morgan fingerprint density at radius 1 is 0.960 bits per heavy atom. The van der Waals surface area contributed by atoms with Crippen LogP contribution in [-0.4, -0.2) is 27.2 Å². The molecule has 0 aliphatic carbocycles. The van der Waals surface area contributed by atoms with E-state index in [2.05, 4.69) is 5.32 Å². The summed E-state index contributed by atoms with van der Waals surface area (Å²) in [6.07, 6.45) is 1.10. The standard InChI is InChI=1S/C20H25NO4/c1-14(18-13-17(24-3)10-11-19(18)25-4)21-20(22)12-7-15-5-8-16(23-2)9-6-15/h5-6,8-11,13-14H,7,12H2,1-4H3,(H,21,22)/t14-/m0/s1. The predicted octanol–water partition coefficient (Wildman–Crippen LogP) is 3.52. The van der Waals surface area contributed by atoms with Crippen LogP contribution in [0.2, 0.25) is 0 Å². The largest absolute Gasteiger partial charge is 0.497 e. The molecule has 1 N–H and O–H groups in total. The van der Waals surface area contributed by atoms with Gasteiger partial charge in [-0.1, -0.05) is 12.1 Å². The van der Waals surface area contributed by atoms with E-state index in [1.807, 2.05) is 49.4 Å². The number of amides is 1. The fourth-order valence-electron chi connectivity index (χ4n) is 2.62. The van der Waals surface area contributed by atoms with Crippen LogP contribution >= 0.6 is 0 Å². The minimum Gasteiger partial charge on any atom is -0.497 e. The first kappa shape index (κ1) is 18.6. The average Bonchev–Trinajstić information content (AvgIpc) is 2.66. The second-order valence-electron chi connectivity index (χ2n) is 5.75. The molecule has 0 bridgehead atoms. The molecule has 2 rings (SSSR count). The Labute approximate surface area is 148 Å². The maximum atomic E-state index is 12.3. The molecule has 1 atom stereocenters. The SMILES string of the molecule is COc1ccc(CCC(=O)N[C@@H](C)c2cc(OC)ccc2OC)cc1. The number of benzene rings is 2. The zero-order chi connectivity index (χ0) is 18.2. The van der Waals surface area contributed by atoms with Gasteiger partial charge in [0.25, 0.3) is 0 Å². The van der Waals surface area contributed by atoms with E-state index >= 15 is 0 Å². The molecule has 2 aromatic carbocycles. The lowest BCUT2D eigenvalue weighted by atomic mass is 10.1. The number of aryl methyl sites for hydroxylation is 1. The molecule has 0 radical (unpaired) electrons. The van der Waals surface area contributed by atoms with Crippen molar-refractivity contribution in [3.05, 3.63) is 53.6 Å². The molecule has 5 heteroatoms. The summed E-state index contributed by atoms with van der Waals surface area (Å²) in [4.78, 5) is 12.3. The van der Waals surface area contributed by atoms with Crippen molar-refractivity contribution in [3.8, 4) is 17.2 Å². The average molecular weight is 343 g/mol. The fourth-order valence-corrected chi connectivity index (χ4v) is 2.62. The Hall–Kier alpha value is -2.69. The minimum absolute atomic E-state index is 0.00630. The second-order valence-corrected chi connectivity index (χ2v) is 5.75. The summed E-state index contributed by atoms with van der Waals surface area (Å²) in [6, 6.07) is 13.1. The highest BCUT2D eigenvalue weighted by Crippen LogP contribution is 2.29. The molecular weight excluding hydrogens is 318 g/mol. The van der Waals surface area contributed by atoms with Crippen LogP contribution < -0.4 is 19.5 Å². The highest BCUT2D eigenvalue weighted by Gasteiger charge is 2.15. The van der Waals surface area contributed by atoms with Gasteiger partial charge in [0.2, 0.25) is 5.91 Å². The quantitative estimate of drug-likeness (QED) is 0.797. The number of methoxy groups -OCH3 is 3. The van der Waals surface area contributed by atoms with E-state index < -0.39 is 0 Å². The fraction of sp³-hybridized carbons (Fsp3) is 0.350. The van der Waals surface area contributed by atoms with Gasteiger partial charge in [0.15, 0.2) is 0 Å². The molecule has 0 aliphatic rings. The molecule has 0 aliphatic heterocycles. The van der Waals surface area contributed by atoms with Gasteiger partial charge >= 0.3 is 0 Å². The number of nitrogens with one attached hydrogen (secondary N) is 1. The molecule has 134 valence electrons. The third-order valence-electron chi connectivity index (χ3n) is 4.08. The van der Waals surface area contributed by atoms with Gasteiger partial charge in [-0.05, 0) is 49.2 Å². The highest BCUT2D eigenvalue weighted by atomic mass is 16.5. The lowest BCUT2D eigenvalue weighted by molar-refractivity contribution is -0.121. The zero-order valence-electron chi connectivity index (χ0n) is 15.2. The molecule has 0 heterocycles. The van der Waals surface area contributed by atoms with Gasteiger partial charge in [-0.3, -0.25) is 4.79 Å². The van der Waals surface area contributed by atoms with E-state index in [1.54, 1.807) is 21.3 Å². The van der Waals surface area contributed by atoms with Crippen molar-refractivity contribution in [3.63, 3.8) is 0 Å². The molecule has 0 saturated heterocycles. The number of hydrogen-bond donors (Lipinski definition) is 1. The third-order valence-corrected chi connectivity index (χ3v) is 4.08. The summed E-state index contributed by atoms with van der Waals surface area (Å²) in [7, 11) is 4.86. The van der Waals surface area contributed by atoms with Gasteiger partial charge in [0.1, 0.15) is 17.2 Å². The van der Waals surface area contributed by atoms with Crippen molar-refractivity contribution >= 4 is 5.91 Å². The topological polar surface area (TPSA) is 56.8 Å². The number of hydrogen-bond acceptors (Lipinski definition) is 4. The van der Waals surface area contributed by atoms with Crippen LogP contribution in [0.3, 0.4) is 0 Å². The Balaban J connectivity index is 1.95. The number of carbonyl (C=O) groups excluding carboxylic acids is 1. The van der Waals surface area contributed by atoms with Crippen LogP contribution in [0.1, 0.15) is 30.5 Å². The lowest BCUT2D eigenvalue weighted by Gasteiger charge is -2.18. The smallest absolute Gasteiger partial charge is 0.220 e. The predicted molar refractivity (Wildman–Crippen MR) is 97.4 cm³/mol. The van der Waals surface area contributed by atoms with E-state index in [-0.39, 0.29) is 11.9 Å². The highest BCUT2D eigenvalue weighted by molar-refractivity contribution is 5.76. The molecular formula is C20H25NO4. The normalized spacial score (nSPS) is 11.5. The minimum atomic E-state index is -0.173. The molecule has 0 saturated carbocycles. The summed E-state index contributed by atoms with van der Waals surface area (Å²) < 4.78 is 15.8. The summed E-state index contributed by atoms with van der Waals surface area (Å²) in [6.45, 7) is 1.93. The second kappa shape index (κ2) is 8.97. The van der Waals surface area contributed by atoms with Crippen LogP contribution in [0.5, 0.6) is 17.2 Å². The van der Waals surface area contributed by atoms with Crippen molar-refractivity contribution in [2.24, 2.45) is 0 Å². The molecule has 0 spiro atoms. The first-order valence-electron chi connectivity index (χ1n) is 8.21. The Kier molecular flexibility index (Phi) is 6.69. The summed E-state index contributed by atoms with van der Waals surface area (Å²) in [5.74, 6) is 2.26. The zero-order valence-corrected chi connectivity index (χ0v) is 15.2. The maximum Gasteiger partial charge on any atom is 0.220 e. The monoisotopic (exact) mass is 343 g/mol. The molecule has 1 amide bonds. The van der Waals surface area contributed by atoms with Crippen molar-refractivity contribution in [2.45, 2.75) is 25.8 Å². The Morgan fingerprint density at radius 2 is 1.60 bits per heavy atom. The molecule has 5 nitrogen and oxygen atoms in total. The summed E-state index contributed by atoms with van der Waals surface area (Å²) >= 11 is 0. The van der Waals surface area contributed by atoms with Gasteiger partial charge in [0.05, 0.1) is 27.4 Å². The van der Waals surface area contributed by atoms with Crippen molar-refractivity contribution in [1.82, 2.24) is 5.32 Å². The third kappa shape index (κ3) is 5.14. The Bertz CT molecular complexity index is 697. The first-order chi connectivity index (χ1) is 12.1. The van der Waals surface area contributed by atoms with Gasteiger partial charge < -0.3 is 19.5 Å². The van der Waals surface area contributed by atoms with Crippen molar-refractivity contribution < 1.29 is 19.0 Å². The molecule has 2 aromatic rings. The maximum absolute atomic E-state index is 12.3. The van der Waals surface area contributed by atoms with E-state index in [9.17, 15) is 4.79 Å². The van der Waals surface area contributed by atoms with Crippen LogP contribution in [0.25, 0.3) is 0 Å². The number of rotatable bonds is 8. The van der Waals surface area contributed by atoms with Crippen molar-refractivity contribution in [2.75, 3.05) is 21.3 Å². The molecule has 0 unspecified atom stereocenters. The number of ether oxygens (including phenoxy) is 3. The van der Waals surface area contributed by atoms with Gasteiger partial charge in [-0.25, -0.2) is 0 Å². The Morgan fingerprint density at radius 3 is 2.20 bits per heavy atom. The van der Waals surface area contributed by atoms with Crippen LogP contribution in [0.15, 0.2) is 42.5 Å². The van der Waals surface area contributed by atoms with E-state index in [1.165, 1.54) is 0 Å². The van der Waals surface area contributed by atoms with Crippen molar-refractivity contribution in [1.29, 1.82) is 0 Å². The van der Waals surface area contributed by atoms with Crippen LogP contribution in [0, 0.1) is 0 Å². The van der Waals surface area contributed by atoms with Gasteiger partial charge in [-0.2, -0.15) is 0 Å². The lowest BCUT2D eigenvalue weighted by Crippen LogP contribution is -2.27.